The average Bonchev–Trinajstić information content (AvgIpc) is 2.95. The van der Waals surface area contributed by atoms with Gasteiger partial charge in [-0.25, -0.2) is 0 Å². The van der Waals surface area contributed by atoms with Crippen LogP contribution < -0.4 is 14.8 Å². The summed E-state index contributed by atoms with van der Waals surface area (Å²) in [6.07, 6.45) is 0.753. The molecule has 1 unspecified atom stereocenters. The monoisotopic (exact) mass is 508 g/mol. The van der Waals surface area contributed by atoms with E-state index in [1.807, 2.05) is 78.9 Å². The fraction of sp³-hybridized carbons (Fsp3) is 0.161. The molecule has 0 aliphatic carbocycles. The number of amides is 1. The van der Waals surface area contributed by atoms with Crippen LogP contribution >= 0.6 is 11.8 Å². The highest BCUT2D eigenvalue weighted by Crippen LogP contribution is 2.34. The van der Waals surface area contributed by atoms with Gasteiger partial charge in [0.25, 0.3) is 5.91 Å². The van der Waals surface area contributed by atoms with Gasteiger partial charge in [-0.05, 0) is 53.9 Å². The number of carbonyl (C=O) groups excluding carboxylic acids is 1. The molecule has 0 aromatic heterocycles. The Balaban J connectivity index is 1.57. The second-order valence-electron chi connectivity index (χ2n) is 8.42. The second kappa shape index (κ2) is 12.7. The third-order valence-electron chi connectivity index (χ3n) is 6.07. The maximum absolute atomic E-state index is 13.4. The van der Waals surface area contributed by atoms with Crippen molar-refractivity contribution in [2.45, 2.75) is 22.1 Å². The van der Waals surface area contributed by atoms with Crippen LogP contribution in [0.25, 0.3) is 0 Å². The lowest BCUT2D eigenvalue weighted by atomic mass is 9.91. The predicted molar refractivity (Wildman–Crippen MR) is 146 cm³/mol. The van der Waals surface area contributed by atoms with Crippen LogP contribution in [0.5, 0.6) is 11.5 Å². The second-order valence-corrected chi connectivity index (χ2v) is 9.50. The Kier molecular flexibility index (Phi) is 8.85. The van der Waals surface area contributed by atoms with E-state index < -0.39 is 0 Å². The lowest BCUT2D eigenvalue weighted by molar-refractivity contribution is 0.0948. The van der Waals surface area contributed by atoms with Crippen molar-refractivity contribution in [3.05, 3.63) is 119 Å². The van der Waals surface area contributed by atoms with Gasteiger partial charge < -0.3 is 14.8 Å². The van der Waals surface area contributed by atoms with E-state index in [1.165, 1.54) is 17.3 Å². The van der Waals surface area contributed by atoms with Crippen molar-refractivity contribution in [2.24, 2.45) is 0 Å². The highest BCUT2D eigenvalue weighted by molar-refractivity contribution is 7.99. The van der Waals surface area contributed by atoms with Crippen molar-refractivity contribution in [2.75, 3.05) is 20.8 Å². The molecule has 0 spiro atoms. The first-order chi connectivity index (χ1) is 18.1. The highest BCUT2D eigenvalue weighted by atomic mass is 32.2. The zero-order valence-corrected chi connectivity index (χ0v) is 21.6. The third kappa shape index (κ3) is 6.52. The van der Waals surface area contributed by atoms with Crippen molar-refractivity contribution in [1.82, 2.24) is 5.32 Å². The fourth-order valence-corrected chi connectivity index (χ4v) is 5.16. The van der Waals surface area contributed by atoms with Crippen LogP contribution in [0.15, 0.2) is 107 Å². The Hall–Kier alpha value is -4.21. The lowest BCUT2D eigenvalue weighted by Crippen LogP contribution is -2.29. The first kappa shape index (κ1) is 25.9. The van der Waals surface area contributed by atoms with Gasteiger partial charge >= 0.3 is 0 Å². The van der Waals surface area contributed by atoms with Gasteiger partial charge in [0, 0.05) is 22.3 Å². The number of nitrogens with one attached hydrogen (secondary N) is 1. The van der Waals surface area contributed by atoms with Crippen LogP contribution in [0.2, 0.25) is 0 Å². The number of ether oxygens (including phenoxy) is 2. The molecule has 1 N–H and O–H groups in total. The van der Waals surface area contributed by atoms with E-state index in [0.717, 1.165) is 21.8 Å². The maximum Gasteiger partial charge on any atom is 0.252 e. The van der Waals surface area contributed by atoms with E-state index in [0.29, 0.717) is 29.2 Å². The van der Waals surface area contributed by atoms with E-state index >= 15 is 0 Å². The summed E-state index contributed by atoms with van der Waals surface area (Å²) in [5.74, 6) is 1.18. The molecule has 4 aromatic carbocycles. The van der Waals surface area contributed by atoms with Crippen LogP contribution in [0, 0.1) is 11.3 Å². The molecule has 0 heterocycles. The number of hydrogen-bond donors (Lipinski definition) is 1. The largest absolute Gasteiger partial charge is 0.493 e. The molecule has 0 bridgehead atoms. The predicted octanol–water partition coefficient (Wildman–Crippen LogP) is 6.48. The lowest BCUT2D eigenvalue weighted by Gasteiger charge is -2.20. The minimum Gasteiger partial charge on any atom is -0.493 e. The minimum absolute atomic E-state index is 0.0188. The number of methoxy groups -OCH3 is 2. The summed E-state index contributed by atoms with van der Waals surface area (Å²) in [5, 5.41) is 12.6. The molecule has 1 amide bonds. The molecule has 0 aliphatic rings. The van der Waals surface area contributed by atoms with Crippen molar-refractivity contribution in [1.29, 1.82) is 5.26 Å². The summed E-state index contributed by atoms with van der Waals surface area (Å²) >= 11 is 1.42. The molecule has 186 valence electrons. The standard InChI is InChI=1S/C31H28N2O3S/c1-35-27-17-16-23(19-28(27)36-2)25(18-22-10-4-3-5-11-22)21-33-31(34)26-13-7-9-15-30(26)37-29-14-8-6-12-24(29)20-32/h3-17,19,25H,18,21H2,1-2H3,(H,33,34). The first-order valence-electron chi connectivity index (χ1n) is 11.9. The normalized spacial score (nSPS) is 11.3. The summed E-state index contributed by atoms with van der Waals surface area (Å²) in [5.41, 5.74) is 3.39. The number of rotatable bonds is 10. The van der Waals surface area contributed by atoms with Gasteiger partial charge in [0.05, 0.1) is 25.3 Å². The Bertz CT molecular complexity index is 1400. The first-order valence-corrected chi connectivity index (χ1v) is 12.7. The molecule has 6 heteroatoms. The molecule has 4 rings (SSSR count). The molecule has 0 saturated heterocycles. The molecule has 1 atom stereocenters. The van der Waals surface area contributed by atoms with Gasteiger partial charge in [-0.15, -0.1) is 0 Å². The van der Waals surface area contributed by atoms with E-state index in [1.54, 1.807) is 20.3 Å². The number of hydrogen-bond acceptors (Lipinski definition) is 5. The number of carbonyl (C=O) groups is 1. The highest BCUT2D eigenvalue weighted by Gasteiger charge is 2.19. The van der Waals surface area contributed by atoms with Gasteiger partial charge in [0.15, 0.2) is 11.5 Å². The van der Waals surface area contributed by atoms with E-state index in [-0.39, 0.29) is 11.8 Å². The maximum atomic E-state index is 13.4. The molecule has 0 fully saturated rings. The SMILES string of the molecule is COc1ccc(C(CNC(=O)c2ccccc2Sc2ccccc2C#N)Cc2ccccc2)cc1OC. The van der Waals surface area contributed by atoms with Gasteiger partial charge in [-0.3, -0.25) is 4.79 Å². The zero-order chi connectivity index (χ0) is 26.0. The van der Waals surface area contributed by atoms with Gasteiger partial charge in [-0.2, -0.15) is 5.26 Å². The summed E-state index contributed by atoms with van der Waals surface area (Å²) in [6.45, 7) is 0.441. The minimum atomic E-state index is -0.156. The van der Waals surface area contributed by atoms with Crippen molar-refractivity contribution < 1.29 is 14.3 Å². The Morgan fingerprint density at radius 2 is 1.54 bits per heavy atom. The van der Waals surface area contributed by atoms with E-state index in [4.69, 9.17) is 9.47 Å². The van der Waals surface area contributed by atoms with E-state index in [2.05, 4.69) is 23.5 Å². The van der Waals surface area contributed by atoms with Crippen LogP contribution in [0.1, 0.15) is 33.0 Å². The molecule has 0 radical (unpaired) electrons. The van der Waals surface area contributed by atoms with Crippen molar-refractivity contribution in [3.63, 3.8) is 0 Å². The third-order valence-corrected chi connectivity index (χ3v) is 7.22. The van der Waals surface area contributed by atoms with Crippen LogP contribution in [-0.4, -0.2) is 26.7 Å². The van der Waals surface area contributed by atoms with E-state index in [9.17, 15) is 10.1 Å². The molecule has 37 heavy (non-hydrogen) atoms. The number of nitrogens with zero attached hydrogens (tertiary/aromatic N) is 1. The number of nitriles is 1. The Morgan fingerprint density at radius 1 is 0.865 bits per heavy atom. The average molecular weight is 509 g/mol. The summed E-state index contributed by atoms with van der Waals surface area (Å²) in [6, 6.07) is 33.2. The summed E-state index contributed by atoms with van der Waals surface area (Å²) in [4.78, 5) is 15.0. The van der Waals surface area contributed by atoms with Crippen molar-refractivity contribution in [3.8, 4) is 17.6 Å². The van der Waals surface area contributed by atoms with Crippen LogP contribution in [0.4, 0.5) is 0 Å². The molecule has 0 saturated carbocycles. The molecular formula is C31H28N2O3S. The summed E-state index contributed by atoms with van der Waals surface area (Å²) < 4.78 is 10.9. The fourth-order valence-electron chi connectivity index (χ4n) is 4.13. The smallest absolute Gasteiger partial charge is 0.252 e. The topological polar surface area (TPSA) is 71.3 Å². The summed E-state index contributed by atoms with van der Waals surface area (Å²) in [7, 11) is 3.23. The zero-order valence-electron chi connectivity index (χ0n) is 20.8. The van der Waals surface area contributed by atoms with Gasteiger partial charge in [-0.1, -0.05) is 72.4 Å². The van der Waals surface area contributed by atoms with Gasteiger partial charge in [0.2, 0.25) is 0 Å². The number of benzene rings is 4. The van der Waals surface area contributed by atoms with Crippen LogP contribution in [0.3, 0.4) is 0 Å². The van der Waals surface area contributed by atoms with Crippen LogP contribution in [-0.2, 0) is 6.42 Å². The molecular weight excluding hydrogens is 480 g/mol. The van der Waals surface area contributed by atoms with Gasteiger partial charge in [0.1, 0.15) is 6.07 Å². The quantitative estimate of drug-likeness (QED) is 0.265. The van der Waals surface area contributed by atoms with Crippen molar-refractivity contribution >= 4 is 17.7 Å². The Labute approximate surface area is 222 Å². The molecule has 0 aliphatic heterocycles. The molecule has 5 nitrogen and oxygen atoms in total. The molecule has 4 aromatic rings. The Morgan fingerprint density at radius 3 is 2.27 bits per heavy atom.